The Balaban J connectivity index is 2.13. The summed E-state index contributed by atoms with van der Waals surface area (Å²) < 4.78 is 11.7. The van der Waals surface area contributed by atoms with Crippen LogP contribution in [0, 0.1) is 18.3 Å². The molecule has 3 rings (SSSR count). The Morgan fingerprint density at radius 2 is 2.21 bits per heavy atom. The number of carbonyl (C=O) groups excluding carboxylic acids is 1. The second kappa shape index (κ2) is 5.76. The predicted molar refractivity (Wildman–Crippen MR) is 91.5 cm³/mol. The molecule has 1 aromatic rings. The molecule has 0 radical (unpaired) electrons. The summed E-state index contributed by atoms with van der Waals surface area (Å²) in [6.45, 7) is 9.80. The summed E-state index contributed by atoms with van der Waals surface area (Å²) in [5.74, 6) is 0.692. The first-order valence-corrected chi connectivity index (χ1v) is 8.87. The van der Waals surface area contributed by atoms with E-state index in [1.165, 1.54) is 0 Å². The van der Waals surface area contributed by atoms with Crippen molar-refractivity contribution in [1.29, 1.82) is 0 Å². The van der Waals surface area contributed by atoms with E-state index in [9.17, 15) is 9.90 Å². The summed E-state index contributed by atoms with van der Waals surface area (Å²) in [7, 11) is 0. The molecule has 0 bridgehead atoms. The summed E-state index contributed by atoms with van der Waals surface area (Å²) >= 11 is 0. The Kier molecular flexibility index (Phi) is 4.15. The number of hydrogen-bond acceptors (Lipinski definition) is 4. The third-order valence-corrected chi connectivity index (χ3v) is 6.60. The van der Waals surface area contributed by atoms with Gasteiger partial charge in [0.15, 0.2) is 0 Å². The molecule has 0 spiro atoms. The van der Waals surface area contributed by atoms with E-state index < -0.39 is 17.1 Å². The zero-order chi connectivity index (χ0) is 17.7. The lowest BCUT2D eigenvalue weighted by Gasteiger charge is -2.57. The molecule has 4 heteroatoms. The van der Waals surface area contributed by atoms with E-state index in [1.807, 2.05) is 13.8 Å². The highest BCUT2D eigenvalue weighted by Gasteiger charge is 2.62. The molecule has 0 unspecified atom stereocenters. The highest BCUT2D eigenvalue weighted by molar-refractivity contribution is 5.87. The van der Waals surface area contributed by atoms with Gasteiger partial charge in [-0.15, -0.1) is 0 Å². The highest BCUT2D eigenvalue weighted by atomic mass is 16.5. The molecular formula is C20H28O4. The maximum atomic E-state index is 12.5. The van der Waals surface area contributed by atoms with Crippen LogP contribution in [0.25, 0.3) is 0 Å². The molecule has 4 atom stereocenters. The molecule has 1 aromatic heterocycles. The van der Waals surface area contributed by atoms with Crippen LogP contribution in [0.15, 0.2) is 22.3 Å². The zero-order valence-corrected chi connectivity index (χ0v) is 15.3. The van der Waals surface area contributed by atoms with Gasteiger partial charge in [0.25, 0.3) is 0 Å². The molecular weight excluding hydrogens is 304 g/mol. The molecule has 0 aromatic carbocycles. The van der Waals surface area contributed by atoms with Gasteiger partial charge in [-0.1, -0.05) is 26.3 Å². The van der Waals surface area contributed by atoms with E-state index >= 15 is 0 Å². The van der Waals surface area contributed by atoms with Gasteiger partial charge in [0.2, 0.25) is 0 Å². The SMILES string of the molecule is CC=C(C)C(=O)O[C@@H]1c2c(C)coc2C[C@@]2(O)CCC[C@H](C)[C@@]12C. The minimum atomic E-state index is -0.906. The number of esters is 1. The van der Waals surface area contributed by atoms with Gasteiger partial charge in [0.1, 0.15) is 11.9 Å². The van der Waals surface area contributed by atoms with Crippen molar-refractivity contribution in [3.05, 3.63) is 34.8 Å². The van der Waals surface area contributed by atoms with Gasteiger partial charge >= 0.3 is 5.97 Å². The van der Waals surface area contributed by atoms with Gasteiger partial charge in [-0.05, 0) is 45.1 Å². The molecule has 132 valence electrons. The number of allylic oxidation sites excluding steroid dienone is 1. The predicted octanol–water partition coefficient (Wildman–Crippen LogP) is 4.25. The van der Waals surface area contributed by atoms with E-state index in [0.29, 0.717) is 18.4 Å². The fourth-order valence-electron chi connectivity index (χ4n) is 4.57. The lowest BCUT2D eigenvalue weighted by atomic mass is 9.51. The molecule has 1 N–H and O–H groups in total. The van der Waals surface area contributed by atoms with Crippen LogP contribution in [0.3, 0.4) is 0 Å². The molecule has 4 nitrogen and oxygen atoms in total. The minimum absolute atomic E-state index is 0.252. The number of rotatable bonds is 2. The number of aliphatic hydroxyl groups is 1. The second-order valence-electron chi connectivity index (χ2n) is 7.80. The summed E-state index contributed by atoms with van der Waals surface area (Å²) in [6, 6.07) is 0. The number of furan rings is 1. The Labute approximate surface area is 143 Å². The number of hydrogen-bond donors (Lipinski definition) is 1. The van der Waals surface area contributed by atoms with Gasteiger partial charge in [0.05, 0.1) is 11.9 Å². The number of aryl methyl sites for hydroxylation is 1. The molecule has 0 amide bonds. The smallest absolute Gasteiger partial charge is 0.334 e. The summed E-state index contributed by atoms with van der Waals surface area (Å²) in [5, 5.41) is 11.5. The van der Waals surface area contributed by atoms with Crippen LogP contribution in [-0.4, -0.2) is 16.7 Å². The first-order chi connectivity index (χ1) is 11.2. The Morgan fingerprint density at radius 3 is 2.88 bits per heavy atom. The summed E-state index contributed by atoms with van der Waals surface area (Å²) in [6.07, 6.45) is 6.20. The molecule has 1 fully saturated rings. The maximum absolute atomic E-state index is 12.5. The zero-order valence-electron chi connectivity index (χ0n) is 15.3. The van der Waals surface area contributed by atoms with Gasteiger partial charge in [-0.2, -0.15) is 0 Å². The third kappa shape index (κ3) is 2.26. The van der Waals surface area contributed by atoms with E-state index in [2.05, 4.69) is 13.8 Å². The highest BCUT2D eigenvalue weighted by Crippen LogP contribution is 2.61. The minimum Gasteiger partial charge on any atom is -0.469 e. The molecule has 1 saturated carbocycles. The average molecular weight is 332 g/mol. The van der Waals surface area contributed by atoms with Crippen molar-refractivity contribution < 1.29 is 19.1 Å². The van der Waals surface area contributed by atoms with Crippen molar-refractivity contribution in [2.75, 3.05) is 0 Å². The molecule has 2 aliphatic carbocycles. The number of ether oxygens (including phenoxy) is 1. The Bertz CT molecular complexity index is 686. The molecule has 1 heterocycles. The largest absolute Gasteiger partial charge is 0.469 e. The number of fused-ring (bicyclic) bond motifs is 2. The van der Waals surface area contributed by atoms with Crippen LogP contribution in [0.2, 0.25) is 0 Å². The molecule has 24 heavy (non-hydrogen) atoms. The topological polar surface area (TPSA) is 59.7 Å². The fourth-order valence-corrected chi connectivity index (χ4v) is 4.57. The van der Waals surface area contributed by atoms with Gasteiger partial charge in [-0.3, -0.25) is 0 Å². The first-order valence-electron chi connectivity index (χ1n) is 8.87. The van der Waals surface area contributed by atoms with E-state index in [0.717, 1.165) is 29.7 Å². The van der Waals surface area contributed by atoms with Crippen molar-refractivity contribution in [2.24, 2.45) is 11.3 Å². The second-order valence-corrected chi connectivity index (χ2v) is 7.80. The number of carbonyl (C=O) groups is 1. The van der Waals surface area contributed by atoms with Gasteiger partial charge < -0.3 is 14.3 Å². The fraction of sp³-hybridized carbons (Fsp3) is 0.650. The van der Waals surface area contributed by atoms with E-state index in [-0.39, 0.29) is 11.9 Å². The van der Waals surface area contributed by atoms with E-state index in [1.54, 1.807) is 19.3 Å². The third-order valence-electron chi connectivity index (χ3n) is 6.60. The lowest BCUT2D eigenvalue weighted by Crippen LogP contribution is -2.60. The quantitative estimate of drug-likeness (QED) is 0.649. The van der Waals surface area contributed by atoms with Crippen LogP contribution in [-0.2, 0) is 16.0 Å². The maximum Gasteiger partial charge on any atom is 0.334 e. The van der Waals surface area contributed by atoms with Crippen LogP contribution in [0.5, 0.6) is 0 Å². The van der Waals surface area contributed by atoms with Crippen LogP contribution < -0.4 is 0 Å². The molecule has 0 saturated heterocycles. The van der Waals surface area contributed by atoms with Crippen molar-refractivity contribution in [3.8, 4) is 0 Å². The van der Waals surface area contributed by atoms with Gasteiger partial charge in [-0.25, -0.2) is 4.79 Å². The van der Waals surface area contributed by atoms with Crippen molar-refractivity contribution in [1.82, 2.24) is 0 Å². The van der Waals surface area contributed by atoms with Crippen LogP contribution in [0.4, 0.5) is 0 Å². The van der Waals surface area contributed by atoms with Crippen LogP contribution >= 0.6 is 0 Å². The summed E-state index contributed by atoms with van der Waals surface area (Å²) in [4.78, 5) is 12.5. The summed E-state index contributed by atoms with van der Waals surface area (Å²) in [5.41, 5.74) is 1.10. The average Bonchev–Trinajstić information content (AvgIpc) is 2.89. The van der Waals surface area contributed by atoms with Crippen molar-refractivity contribution >= 4 is 5.97 Å². The van der Waals surface area contributed by atoms with E-state index in [4.69, 9.17) is 9.15 Å². The molecule has 2 aliphatic rings. The standard InChI is InChI=1S/C20H28O4/c1-6-12(2)18(21)24-17-16-13(3)11-23-15(16)10-20(22)9-7-8-14(4)19(17,20)5/h6,11,14,17,22H,7-10H2,1-5H3/t14-,17+,19-,20-/m0/s1. The lowest BCUT2D eigenvalue weighted by molar-refractivity contribution is -0.210. The van der Waals surface area contributed by atoms with Crippen molar-refractivity contribution in [2.45, 2.75) is 72.0 Å². The Hall–Kier alpha value is -1.55. The van der Waals surface area contributed by atoms with Crippen molar-refractivity contribution in [3.63, 3.8) is 0 Å². The Morgan fingerprint density at radius 1 is 1.50 bits per heavy atom. The molecule has 0 aliphatic heterocycles. The normalized spacial score (nSPS) is 36.0. The first kappa shape index (κ1) is 17.3. The monoisotopic (exact) mass is 332 g/mol. The van der Waals surface area contributed by atoms with Crippen LogP contribution in [0.1, 0.15) is 69.9 Å². The van der Waals surface area contributed by atoms with Gasteiger partial charge in [0, 0.05) is 23.0 Å².